The topological polar surface area (TPSA) is 17.1 Å². The van der Waals surface area contributed by atoms with Crippen molar-refractivity contribution in [3.63, 3.8) is 0 Å². The van der Waals surface area contributed by atoms with E-state index in [1.54, 1.807) is 0 Å². The van der Waals surface area contributed by atoms with Gasteiger partial charge >= 0.3 is 0 Å². The van der Waals surface area contributed by atoms with Gasteiger partial charge in [0.15, 0.2) is 7.14 Å². The predicted molar refractivity (Wildman–Crippen MR) is 137 cm³/mol. The zero-order valence-corrected chi connectivity index (χ0v) is 19.3. The summed E-state index contributed by atoms with van der Waals surface area (Å²) in [7, 11) is -3.02. The van der Waals surface area contributed by atoms with Crippen molar-refractivity contribution in [1.29, 1.82) is 0 Å². The summed E-state index contributed by atoms with van der Waals surface area (Å²) in [6, 6.07) is 37.4. The number of benzene rings is 4. The van der Waals surface area contributed by atoms with Crippen LogP contribution < -0.4 is 10.6 Å². The van der Waals surface area contributed by atoms with E-state index in [2.05, 4.69) is 67.6 Å². The Morgan fingerprint density at radius 1 is 0.656 bits per heavy atom. The molecule has 0 aromatic heterocycles. The molecule has 4 aromatic rings. The summed E-state index contributed by atoms with van der Waals surface area (Å²) in [6.45, 7) is 2.22. The lowest BCUT2D eigenvalue weighted by molar-refractivity contribution is 0.593. The van der Waals surface area contributed by atoms with Gasteiger partial charge in [0.05, 0.1) is 0 Å². The summed E-state index contributed by atoms with van der Waals surface area (Å²) in [5.41, 5.74) is 5.67. The lowest BCUT2D eigenvalue weighted by atomic mass is 9.95. The maximum atomic E-state index is 15.2. The average molecular weight is 435 g/mol. The van der Waals surface area contributed by atoms with Crippen molar-refractivity contribution in [3.05, 3.63) is 131 Å². The lowest BCUT2D eigenvalue weighted by Gasteiger charge is -2.20. The van der Waals surface area contributed by atoms with Crippen LogP contribution in [0.25, 0.3) is 10.9 Å². The van der Waals surface area contributed by atoms with Gasteiger partial charge in [0.25, 0.3) is 0 Å². The fourth-order valence-corrected chi connectivity index (χ4v) is 7.97. The summed E-state index contributed by atoms with van der Waals surface area (Å²) in [6.07, 6.45) is 3.45. The van der Waals surface area contributed by atoms with Gasteiger partial charge in [-0.15, -0.1) is 0 Å². The molecule has 0 bridgehead atoms. The fourth-order valence-electron chi connectivity index (χ4n) is 4.70. The van der Waals surface area contributed by atoms with E-state index in [4.69, 9.17) is 0 Å². The highest BCUT2D eigenvalue weighted by atomic mass is 31.2. The molecule has 1 aliphatic heterocycles. The molecule has 158 valence electrons. The summed E-state index contributed by atoms with van der Waals surface area (Å²) in [5, 5.41) is 2.79. The molecule has 0 fully saturated rings. The first kappa shape index (κ1) is 20.7. The van der Waals surface area contributed by atoms with E-state index < -0.39 is 7.14 Å². The number of fused-ring (bicyclic) bond motifs is 1. The number of hydrogen-bond donors (Lipinski definition) is 0. The van der Waals surface area contributed by atoms with Crippen LogP contribution in [0.2, 0.25) is 0 Å². The highest BCUT2D eigenvalue weighted by Crippen LogP contribution is 2.65. The smallest absolute Gasteiger partial charge is 0.172 e. The van der Waals surface area contributed by atoms with E-state index in [9.17, 15) is 0 Å². The van der Waals surface area contributed by atoms with E-state index in [-0.39, 0.29) is 0 Å². The van der Waals surface area contributed by atoms with E-state index in [1.807, 2.05) is 48.5 Å². The normalized spacial score (nSPS) is 17.4. The van der Waals surface area contributed by atoms with Gasteiger partial charge in [0.1, 0.15) is 0 Å². The van der Waals surface area contributed by atoms with Crippen molar-refractivity contribution in [1.82, 2.24) is 0 Å². The van der Waals surface area contributed by atoms with Gasteiger partial charge in [0, 0.05) is 21.5 Å². The Balaban J connectivity index is 1.80. The molecule has 1 nitrogen and oxygen atoms in total. The second-order valence-corrected chi connectivity index (χ2v) is 11.0. The van der Waals surface area contributed by atoms with Gasteiger partial charge in [-0.25, -0.2) is 0 Å². The molecule has 1 heterocycles. The van der Waals surface area contributed by atoms with Crippen LogP contribution in [0.5, 0.6) is 0 Å². The standard InChI is InChI=1S/C30H27OP/c1-2-3-12-23-19-21-25(22-20-23)30-29(24-13-6-4-7-14-24)27-17-10-11-18-28(27)32(30,31)26-15-8-5-9-16-26/h4-11,13-22H,2-3,12H2,1H3. The zero-order valence-electron chi connectivity index (χ0n) is 18.4. The van der Waals surface area contributed by atoms with Crippen molar-refractivity contribution in [2.75, 3.05) is 0 Å². The fraction of sp³-hybridized carbons (Fsp3) is 0.133. The molecule has 2 heteroatoms. The Hall–Kier alpha value is -3.15. The SMILES string of the molecule is CCCCc1ccc(C2=C(c3ccccc3)c3ccccc3P2(=O)c2ccccc2)cc1. The maximum absolute atomic E-state index is 15.2. The Morgan fingerprint density at radius 2 is 1.28 bits per heavy atom. The summed E-state index contributed by atoms with van der Waals surface area (Å²) in [5.74, 6) is 0. The molecule has 5 rings (SSSR count). The van der Waals surface area contributed by atoms with Crippen molar-refractivity contribution in [2.45, 2.75) is 26.2 Å². The first-order chi connectivity index (χ1) is 15.7. The molecular formula is C30H27OP. The molecule has 0 saturated carbocycles. The third-order valence-electron chi connectivity index (χ3n) is 6.29. The third kappa shape index (κ3) is 3.48. The van der Waals surface area contributed by atoms with Crippen molar-refractivity contribution in [2.24, 2.45) is 0 Å². The van der Waals surface area contributed by atoms with Crippen LogP contribution in [0.15, 0.2) is 109 Å². The van der Waals surface area contributed by atoms with Crippen molar-refractivity contribution < 1.29 is 4.57 Å². The Labute approximate surface area is 190 Å². The van der Waals surface area contributed by atoms with Gasteiger partial charge in [0.2, 0.25) is 0 Å². The minimum Gasteiger partial charge on any atom is -0.309 e. The second-order valence-electron chi connectivity index (χ2n) is 8.35. The predicted octanol–water partition coefficient (Wildman–Crippen LogP) is 7.27. The lowest BCUT2D eigenvalue weighted by Crippen LogP contribution is -2.15. The number of rotatable bonds is 6. The molecule has 0 aliphatic carbocycles. The molecule has 4 aromatic carbocycles. The highest BCUT2D eigenvalue weighted by molar-refractivity contribution is 7.88. The van der Waals surface area contributed by atoms with Crippen molar-refractivity contribution >= 4 is 28.6 Å². The number of hydrogen-bond acceptors (Lipinski definition) is 1. The Bertz CT molecular complexity index is 1300. The largest absolute Gasteiger partial charge is 0.309 e. The minimum absolute atomic E-state index is 0.892. The van der Waals surface area contributed by atoms with E-state index in [0.29, 0.717) is 0 Å². The van der Waals surface area contributed by atoms with E-state index in [1.165, 1.54) is 18.4 Å². The van der Waals surface area contributed by atoms with Gasteiger partial charge in [-0.1, -0.05) is 123 Å². The van der Waals surface area contributed by atoms with Crippen LogP contribution >= 0.6 is 7.14 Å². The monoisotopic (exact) mass is 434 g/mol. The Morgan fingerprint density at radius 3 is 1.97 bits per heavy atom. The van der Waals surface area contributed by atoms with Gasteiger partial charge < -0.3 is 4.57 Å². The zero-order chi connectivity index (χ0) is 22.0. The molecule has 1 aliphatic rings. The maximum Gasteiger partial charge on any atom is 0.172 e. The van der Waals surface area contributed by atoms with Crippen LogP contribution in [0.3, 0.4) is 0 Å². The molecule has 0 saturated heterocycles. The van der Waals surface area contributed by atoms with Crippen LogP contribution in [0.1, 0.15) is 42.0 Å². The molecule has 0 radical (unpaired) electrons. The van der Waals surface area contributed by atoms with Crippen molar-refractivity contribution in [3.8, 4) is 0 Å². The molecular weight excluding hydrogens is 407 g/mol. The summed E-state index contributed by atoms with van der Waals surface area (Å²) < 4.78 is 15.2. The molecule has 1 atom stereocenters. The summed E-state index contributed by atoms with van der Waals surface area (Å²) >= 11 is 0. The highest BCUT2D eigenvalue weighted by Gasteiger charge is 2.43. The van der Waals surface area contributed by atoms with Crippen LogP contribution in [-0.4, -0.2) is 0 Å². The number of aryl methyl sites for hydroxylation is 1. The molecule has 1 unspecified atom stereocenters. The number of unbranched alkanes of at least 4 members (excludes halogenated alkanes) is 1. The van der Waals surface area contributed by atoms with Gasteiger partial charge in [-0.05, 0) is 35.1 Å². The van der Waals surface area contributed by atoms with Crippen LogP contribution in [0, 0.1) is 0 Å². The molecule has 0 spiro atoms. The summed E-state index contributed by atoms with van der Waals surface area (Å²) in [4.78, 5) is 0. The van der Waals surface area contributed by atoms with E-state index in [0.717, 1.165) is 44.6 Å². The molecule has 0 N–H and O–H groups in total. The van der Waals surface area contributed by atoms with Gasteiger partial charge in [-0.3, -0.25) is 0 Å². The third-order valence-corrected chi connectivity index (χ3v) is 9.50. The minimum atomic E-state index is -3.02. The second kappa shape index (κ2) is 8.77. The average Bonchev–Trinajstić information content (AvgIpc) is 3.14. The van der Waals surface area contributed by atoms with Crippen LogP contribution in [-0.2, 0) is 11.0 Å². The van der Waals surface area contributed by atoms with Gasteiger partial charge in [-0.2, -0.15) is 0 Å². The Kier molecular flexibility index (Phi) is 5.68. The van der Waals surface area contributed by atoms with E-state index >= 15 is 4.57 Å². The first-order valence-corrected chi connectivity index (χ1v) is 13.1. The molecule has 0 amide bonds. The van der Waals surface area contributed by atoms with Crippen LogP contribution in [0.4, 0.5) is 0 Å². The molecule has 32 heavy (non-hydrogen) atoms. The quantitative estimate of drug-likeness (QED) is 0.292. The first-order valence-electron chi connectivity index (χ1n) is 11.4.